The van der Waals surface area contributed by atoms with Crippen molar-refractivity contribution in [3.8, 4) is 11.1 Å². The summed E-state index contributed by atoms with van der Waals surface area (Å²) >= 11 is 0. The molecule has 240 valence electrons. The van der Waals surface area contributed by atoms with Gasteiger partial charge in [0.15, 0.2) is 0 Å². The number of benzene rings is 4. The van der Waals surface area contributed by atoms with E-state index in [2.05, 4.69) is 70.4 Å². The van der Waals surface area contributed by atoms with Gasteiger partial charge in [-0.25, -0.2) is 8.42 Å². The smallest absolute Gasteiger partial charge is 0.261 e. The van der Waals surface area contributed by atoms with Crippen molar-refractivity contribution in [2.75, 3.05) is 44.4 Å². The van der Waals surface area contributed by atoms with Crippen LogP contribution in [0.3, 0.4) is 0 Å². The number of likely N-dealkylation sites (N-methyl/N-ethyl adjacent to an activating group) is 1. The minimum absolute atomic E-state index is 0.0265. The highest BCUT2D eigenvalue weighted by Crippen LogP contribution is 2.44. The predicted octanol–water partition coefficient (Wildman–Crippen LogP) is 5.53. The Bertz CT molecular complexity index is 2030. The SMILES string of the molecule is CN1CCN(c2ccc(-c3ccc4c(c3)[C@H](c3c[nH]c5ccccc35)N(S(=O)(=O)Cc3ccccc3)C4)cc2)CC1.CS(=O)(=O)O. The molecule has 2 aliphatic heterocycles. The van der Waals surface area contributed by atoms with Crippen LogP contribution in [0.4, 0.5) is 5.69 Å². The number of nitrogens with zero attached hydrogens (tertiary/aromatic N) is 3. The van der Waals surface area contributed by atoms with Crippen LogP contribution in [-0.4, -0.2) is 75.1 Å². The predicted molar refractivity (Wildman–Crippen MR) is 184 cm³/mol. The number of aromatic nitrogens is 1. The van der Waals surface area contributed by atoms with E-state index < -0.39 is 26.2 Å². The van der Waals surface area contributed by atoms with E-state index in [-0.39, 0.29) is 5.75 Å². The maximum atomic E-state index is 14.0. The van der Waals surface area contributed by atoms with E-state index >= 15 is 0 Å². The summed E-state index contributed by atoms with van der Waals surface area (Å²) in [6.07, 6.45) is 2.69. The van der Waals surface area contributed by atoms with Gasteiger partial charge in [-0.2, -0.15) is 12.7 Å². The Labute approximate surface area is 270 Å². The lowest BCUT2D eigenvalue weighted by Crippen LogP contribution is -2.44. The number of hydrogen-bond acceptors (Lipinski definition) is 6. The monoisotopic (exact) mass is 658 g/mol. The third-order valence-corrected chi connectivity index (χ3v) is 10.3. The van der Waals surface area contributed by atoms with Crippen molar-refractivity contribution in [2.45, 2.75) is 18.3 Å². The molecule has 0 amide bonds. The van der Waals surface area contributed by atoms with Crippen LogP contribution >= 0.6 is 0 Å². The van der Waals surface area contributed by atoms with Gasteiger partial charge in [0.25, 0.3) is 10.1 Å². The first-order chi connectivity index (χ1) is 22.0. The number of aromatic amines is 1. The normalized spacial score (nSPS) is 17.5. The van der Waals surface area contributed by atoms with Gasteiger partial charge in [0.05, 0.1) is 18.1 Å². The number of H-pyrrole nitrogens is 1. The number of rotatable bonds is 6. The molecule has 0 unspecified atom stereocenters. The van der Waals surface area contributed by atoms with Crippen molar-refractivity contribution in [3.63, 3.8) is 0 Å². The summed E-state index contributed by atoms with van der Waals surface area (Å²) in [4.78, 5) is 8.18. The quantitative estimate of drug-likeness (QED) is 0.231. The highest BCUT2D eigenvalue weighted by atomic mass is 32.2. The Morgan fingerprint density at radius 3 is 2.11 bits per heavy atom. The topological polar surface area (TPSA) is 114 Å². The number of sulfonamides is 1. The minimum atomic E-state index is -3.67. The lowest BCUT2D eigenvalue weighted by atomic mass is 9.94. The molecular formula is C35H38N4O5S2. The molecule has 5 aromatic rings. The van der Waals surface area contributed by atoms with E-state index in [1.54, 1.807) is 4.31 Å². The second-order valence-electron chi connectivity index (χ2n) is 12.0. The van der Waals surface area contributed by atoms with Crippen molar-refractivity contribution in [3.05, 3.63) is 126 Å². The van der Waals surface area contributed by atoms with Gasteiger partial charge in [0.2, 0.25) is 10.0 Å². The van der Waals surface area contributed by atoms with Crippen LogP contribution in [0.15, 0.2) is 103 Å². The zero-order valence-electron chi connectivity index (χ0n) is 25.9. The Balaban J connectivity index is 0.000000692. The molecule has 4 aromatic carbocycles. The van der Waals surface area contributed by atoms with E-state index in [4.69, 9.17) is 4.55 Å². The van der Waals surface area contributed by atoms with Crippen LogP contribution in [0.25, 0.3) is 22.0 Å². The highest BCUT2D eigenvalue weighted by Gasteiger charge is 2.40. The first-order valence-electron chi connectivity index (χ1n) is 15.1. The standard InChI is InChI=1S/C34H34N4O2S.CH4O3S/c1-36-17-19-37(20-18-36)29-15-13-26(14-16-29)27-11-12-28-23-38(41(39,40)24-25-7-3-2-4-8-25)34(31(28)21-27)32-22-35-33-10-6-5-9-30(32)33;1-5(2,3)4/h2-16,21-22,34-35H,17-20,23-24H2,1H3;1H3,(H,2,3,4)/t34-;/m1./s1. The highest BCUT2D eigenvalue weighted by molar-refractivity contribution is 7.88. The van der Waals surface area contributed by atoms with Gasteiger partial charge in [-0.15, -0.1) is 0 Å². The largest absolute Gasteiger partial charge is 0.369 e. The first-order valence-corrected chi connectivity index (χ1v) is 18.6. The lowest BCUT2D eigenvalue weighted by Gasteiger charge is -2.34. The van der Waals surface area contributed by atoms with E-state index in [0.717, 1.165) is 70.5 Å². The average molecular weight is 659 g/mol. The van der Waals surface area contributed by atoms with Gasteiger partial charge >= 0.3 is 0 Å². The Morgan fingerprint density at radius 2 is 1.41 bits per heavy atom. The molecule has 1 saturated heterocycles. The number of fused-ring (bicyclic) bond motifs is 2. The van der Waals surface area contributed by atoms with Crippen LogP contribution in [0.5, 0.6) is 0 Å². The molecule has 11 heteroatoms. The fourth-order valence-electron chi connectivity index (χ4n) is 6.29. The summed E-state index contributed by atoms with van der Waals surface area (Å²) in [6.45, 7) is 4.58. The molecule has 0 aliphatic carbocycles. The van der Waals surface area contributed by atoms with Crippen molar-refractivity contribution >= 4 is 36.7 Å². The third-order valence-electron chi connectivity index (χ3n) is 8.59. The molecule has 2 aliphatic rings. The third kappa shape index (κ3) is 7.19. The fraction of sp³-hybridized carbons (Fsp3) is 0.257. The summed E-state index contributed by atoms with van der Waals surface area (Å²) in [5.74, 6) is -0.0265. The molecule has 0 saturated carbocycles. The second kappa shape index (κ2) is 13.0. The van der Waals surface area contributed by atoms with Crippen molar-refractivity contribution < 1.29 is 21.4 Å². The number of piperazine rings is 1. The molecule has 0 spiro atoms. The molecule has 2 N–H and O–H groups in total. The van der Waals surface area contributed by atoms with Gasteiger partial charge in [-0.05, 0) is 59.1 Å². The second-order valence-corrected chi connectivity index (χ2v) is 15.4. The van der Waals surface area contributed by atoms with Crippen LogP contribution in [-0.2, 0) is 32.4 Å². The molecule has 0 radical (unpaired) electrons. The van der Waals surface area contributed by atoms with E-state index in [1.165, 1.54) is 5.69 Å². The average Bonchev–Trinajstić information content (AvgIpc) is 3.63. The maximum absolute atomic E-state index is 14.0. The van der Waals surface area contributed by atoms with E-state index in [1.807, 2.05) is 54.7 Å². The van der Waals surface area contributed by atoms with Gasteiger partial charge in [-0.1, -0.05) is 72.8 Å². The fourth-order valence-corrected chi connectivity index (χ4v) is 7.95. The minimum Gasteiger partial charge on any atom is -0.369 e. The zero-order valence-corrected chi connectivity index (χ0v) is 27.5. The Kier molecular flexibility index (Phi) is 9.04. The van der Waals surface area contributed by atoms with Crippen LogP contribution in [0.1, 0.15) is 28.3 Å². The Morgan fingerprint density at radius 1 is 0.783 bits per heavy atom. The number of nitrogens with one attached hydrogen (secondary N) is 1. The van der Waals surface area contributed by atoms with Crippen molar-refractivity contribution in [1.82, 2.24) is 14.2 Å². The summed E-state index contributed by atoms with van der Waals surface area (Å²) < 4.78 is 55.5. The zero-order chi connectivity index (χ0) is 32.5. The number of anilines is 1. The van der Waals surface area contributed by atoms with Gasteiger partial charge in [0, 0.05) is 61.1 Å². The first kappa shape index (κ1) is 32.0. The molecular weight excluding hydrogens is 621 g/mol. The van der Waals surface area contributed by atoms with Crippen LogP contribution in [0.2, 0.25) is 0 Å². The molecule has 46 heavy (non-hydrogen) atoms. The summed E-state index contributed by atoms with van der Waals surface area (Å²) in [6, 6.07) is 32.4. The molecule has 0 bridgehead atoms. The van der Waals surface area contributed by atoms with Gasteiger partial charge in [0.1, 0.15) is 0 Å². The Hall–Kier alpha value is -4.00. The van der Waals surface area contributed by atoms with Crippen molar-refractivity contribution in [2.24, 2.45) is 0 Å². The maximum Gasteiger partial charge on any atom is 0.261 e. The molecule has 1 aromatic heterocycles. The summed E-state index contributed by atoms with van der Waals surface area (Å²) in [7, 11) is -5.11. The van der Waals surface area contributed by atoms with Crippen LogP contribution < -0.4 is 4.90 Å². The molecule has 9 nitrogen and oxygen atoms in total. The van der Waals surface area contributed by atoms with Crippen LogP contribution in [0, 0.1) is 0 Å². The van der Waals surface area contributed by atoms with Gasteiger partial charge in [-0.3, -0.25) is 4.55 Å². The number of para-hydroxylation sites is 1. The summed E-state index contributed by atoms with van der Waals surface area (Å²) in [5, 5.41) is 1.05. The molecule has 7 rings (SSSR count). The van der Waals surface area contributed by atoms with Gasteiger partial charge < -0.3 is 14.8 Å². The van der Waals surface area contributed by atoms with E-state index in [0.29, 0.717) is 12.8 Å². The molecule has 1 fully saturated rings. The molecule has 1 atom stereocenters. The summed E-state index contributed by atoms with van der Waals surface area (Å²) in [5.41, 5.74) is 8.36. The van der Waals surface area contributed by atoms with E-state index in [9.17, 15) is 16.8 Å². The van der Waals surface area contributed by atoms with Crippen molar-refractivity contribution in [1.29, 1.82) is 0 Å². The molecule has 3 heterocycles. The number of hydrogen-bond donors (Lipinski definition) is 2. The lowest BCUT2D eigenvalue weighted by molar-refractivity contribution is 0.313.